The maximum absolute atomic E-state index is 13.1. The van der Waals surface area contributed by atoms with Crippen molar-refractivity contribution in [3.05, 3.63) is 27.7 Å². The summed E-state index contributed by atoms with van der Waals surface area (Å²) >= 11 is 12.4. The number of amides is 2. The maximum atomic E-state index is 13.1. The lowest BCUT2D eigenvalue weighted by Gasteiger charge is -2.29. The summed E-state index contributed by atoms with van der Waals surface area (Å²) < 4.78 is 5.29. The van der Waals surface area contributed by atoms with Gasteiger partial charge in [0.25, 0.3) is 5.91 Å². The van der Waals surface area contributed by atoms with E-state index in [0.29, 0.717) is 18.0 Å². The van der Waals surface area contributed by atoms with Gasteiger partial charge in [0.15, 0.2) is 5.75 Å². The van der Waals surface area contributed by atoms with Crippen LogP contribution in [-0.4, -0.2) is 42.5 Å². The Morgan fingerprint density at radius 2 is 1.77 bits per heavy atom. The lowest BCUT2D eigenvalue weighted by atomic mass is 9.95. The van der Waals surface area contributed by atoms with Crippen molar-refractivity contribution < 1.29 is 14.3 Å². The number of hydrogen-bond donors (Lipinski definition) is 1. The smallest absolute Gasteiger partial charge is 0.259 e. The van der Waals surface area contributed by atoms with Crippen LogP contribution in [0.15, 0.2) is 12.1 Å². The van der Waals surface area contributed by atoms with Gasteiger partial charge in [-0.15, -0.1) is 0 Å². The average molecular weight is 399 g/mol. The number of nitrogens with zero attached hydrogens (tertiary/aromatic N) is 1. The fourth-order valence-corrected chi connectivity index (χ4v) is 4.37. The third kappa shape index (κ3) is 3.94. The molecule has 2 fully saturated rings. The number of likely N-dealkylation sites (tertiary alicyclic amines) is 1. The Hall–Kier alpha value is -1.46. The molecular formula is C19H24Cl2N2O3. The molecule has 1 heterocycles. The van der Waals surface area contributed by atoms with Crippen LogP contribution in [0.1, 0.15) is 55.3 Å². The Balaban J connectivity index is 1.78. The Labute approximate surface area is 164 Å². The second-order valence-corrected chi connectivity index (χ2v) is 7.75. The molecule has 0 radical (unpaired) electrons. The predicted octanol–water partition coefficient (Wildman–Crippen LogP) is 4.06. The Morgan fingerprint density at radius 1 is 1.08 bits per heavy atom. The second-order valence-electron chi connectivity index (χ2n) is 6.94. The second kappa shape index (κ2) is 8.49. The zero-order valence-electron chi connectivity index (χ0n) is 14.9. The third-order valence-electron chi connectivity index (χ3n) is 5.24. The van der Waals surface area contributed by atoms with Crippen LogP contribution in [0.5, 0.6) is 5.75 Å². The molecule has 1 saturated carbocycles. The first-order chi connectivity index (χ1) is 12.5. The number of nitrogens with one attached hydrogen (secondary N) is 1. The number of halogens is 2. The Bertz CT molecular complexity index is 690. The van der Waals surface area contributed by atoms with E-state index in [9.17, 15) is 9.59 Å². The largest absolute Gasteiger partial charge is 0.494 e. The van der Waals surface area contributed by atoms with Crippen LogP contribution in [-0.2, 0) is 4.79 Å². The number of methoxy groups -OCH3 is 1. The summed E-state index contributed by atoms with van der Waals surface area (Å²) in [4.78, 5) is 27.5. The van der Waals surface area contributed by atoms with Gasteiger partial charge in [0, 0.05) is 12.6 Å². The van der Waals surface area contributed by atoms with E-state index in [1.807, 2.05) is 0 Å². The molecule has 26 heavy (non-hydrogen) atoms. The van der Waals surface area contributed by atoms with Gasteiger partial charge in [-0.05, 0) is 37.8 Å². The molecule has 2 aliphatic rings. The number of carbonyl (C=O) groups is 2. The van der Waals surface area contributed by atoms with Gasteiger partial charge < -0.3 is 15.0 Å². The first-order valence-corrected chi connectivity index (χ1v) is 9.92. The first-order valence-electron chi connectivity index (χ1n) is 9.16. The minimum Gasteiger partial charge on any atom is -0.494 e. The Kier molecular flexibility index (Phi) is 6.30. The van der Waals surface area contributed by atoms with E-state index in [-0.39, 0.29) is 34.2 Å². The van der Waals surface area contributed by atoms with Gasteiger partial charge in [-0.3, -0.25) is 9.59 Å². The van der Waals surface area contributed by atoms with E-state index in [1.54, 1.807) is 17.0 Å². The number of hydrogen-bond acceptors (Lipinski definition) is 3. The molecule has 2 amide bonds. The monoisotopic (exact) mass is 398 g/mol. The van der Waals surface area contributed by atoms with Crippen molar-refractivity contribution in [2.75, 3.05) is 13.7 Å². The Morgan fingerprint density at radius 3 is 2.46 bits per heavy atom. The van der Waals surface area contributed by atoms with Crippen LogP contribution < -0.4 is 10.1 Å². The summed E-state index contributed by atoms with van der Waals surface area (Å²) in [6.07, 6.45) is 7.00. The molecule has 1 N–H and O–H groups in total. The molecule has 1 saturated heterocycles. The van der Waals surface area contributed by atoms with Crippen molar-refractivity contribution in [3.8, 4) is 5.75 Å². The van der Waals surface area contributed by atoms with Gasteiger partial charge in [-0.1, -0.05) is 42.5 Å². The quantitative estimate of drug-likeness (QED) is 0.831. The highest BCUT2D eigenvalue weighted by Crippen LogP contribution is 2.36. The van der Waals surface area contributed by atoms with Crippen LogP contribution >= 0.6 is 23.2 Å². The molecule has 1 atom stereocenters. The van der Waals surface area contributed by atoms with E-state index in [4.69, 9.17) is 27.9 Å². The zero-order chi connectivity index (χ0) is 18.7. The highest BCUT2D eigenvalue weighted by molar-refractivity contribution is 6.37. The molecule has 1 aliphatic carbocycles. The molecule has 5 nitrogen and oxygen atoms in total. The molecule has 0 bridgehead atoms. The van der Waals surface area contributed by atoms with E-state index in [0.717, 1.165) is 32.1 Å². The molecule has 0 aromatic heterocycles. The van der Waals surface area contributed by atoms with Crippen LogP contribution in [0.25, 0.3) is 0 Å². The molecule has 3 rings (SSSR count). The summed E-state index contributed by atoms with van der Waals surface area (Å²) in [6.45, 7) is 0.521. The highest BCUT2D eigenvalue weighted by atomic mass is 35.5. The zero-order valence-corrected chi connectivity index (χ0v) is 16.4. The van der Waals surface area contributed by atoms with Gasteiger partial charge in [0.2, 0.25) is 5.91 Å². The van der Waals surface area contributed by atoms with Gasteiger partial charge in [0.05, 0.1) is 17.2 Å². The standard InChI is InChI=1S/C19H24Cl2N2O3/c1-26-17-14(21)10-9-13(20)16(17)19(25)23-11-5-8-15(23)18(24)22-12-6-3-2-4-7-12/h9-10,12,15H,2-8,11H2,1H3,(H,22,24)/t15-/m0/s1. The van der Waals surface area contributed by atoms with Crippen LogP contribution in [0.4, 0.5) is 0 Å². The van der Waals surface area contributed by atoms with E-state index < -0.39 is 6.04 Å². The summed E-state index contributed by atoms with van der Waals surface area (Å²) in [6, 6.07) is 2.92. The lowest BCUT2D eigenvalue weighted by Crippen LogP contribution is -2.49. The molecule has 1 aromatic rings. The van der Waals surface area contributed by atoms with Crippen molar-refractivity contribution in [3.63, 3.8) is 0 Å². The number of ether oxygens (including phenoxy) is 1. The van der Waals surface area contributed by atoms with Gasteiger partial charge in [-0.2, -0.15) is 0 Å². The molecular weight excluding hydrogens is 375 g/mol. The molecule has 0 spiro atoms. The molecule has 1 aliphatic heterocycles. The SMILES string of the molecule is COc1c(Cl)ccc(Cl)c1C(=O)N1CCC[C@H]1C(=O)NC1CCCCC1. The van der Waals surface area contributed by atoms with Crippen molar-refractivity contribution in [2.24, 2.45) is 0 Å². The van der Waals surface area contributed by atoms with Gasteiger partial charge in [-0.25, -0.2) is 0 Å². The van der Waals surface area contributed by atoms with Crippen molar-refractivity contribution in [1.29, 1.82) is 0 Å². The fourth-order valence-electron chi connectivity index (χ4n) is 3.90. The lowest BCUT2D eigenvalue weighted by molar-refractivity contribution is -0.125. The van der Waals surface area contributed by atoms with Crippen molar-refractivity contribution >= 4 is 35.0 Å². The third-order valence-corrected chi connectivity index (χ3v) is 5.86. The molecule has 0 unspecified atom stereocenters. The number of rotatable bonds is 4. The van der Waals surface area contributed by atoms with Gasteiger partial charge >= 0.3 is 0 Å². The maximum Gasteiger partial charge on any atom is 0.259 e. The van der Waals surface area contributed by atoms with Crippen LogP contribution in [0, 0.1) is 0 Å². The first kappa shape index (κ1) is 19.3. The number of benzene rings is 1. The van der Waals surface area contributed by atoms with E-state index in [1.165, 1.54) is 13.5 Å². The average Bonchev–Trinajstić information content (AvgIpc) is 3.13. The summed E-state index contributed by atoms with van der Waals surface area (Å²) in [5.41, 5.74) is 0.221. The predicted molar refractivity (Wildman–Crippen MR) is 102 cm³/mol. The topological polar surface area (TPSA) is 58.6 Å². The molecule has 7 heteroatoms. The minimum absolute atomic E-state index is 0.0696. The summed E-state index contributed by atoms with van der Waals surface area (Å²) in [7, 11) is 1.45. The van der Waals surface area contributed by atoms with E-state index in [2.05, 4.69) is 5.32 Å². The van der Waals surface area contributed by atoms with Crippen LogP contribution in [0.3, 0.4) is 0 Å². The van der Waals surface area contributed by atoms with Gasteiger partial charge in [0.1, 0.15) is 11.6 Å². The summed E-state index contributed by atoms with van der Waals surface area (Å²) in [5.74, 6) is -0.127. The number of carbonyl (C=O) groups excluding carboxylic acids is 2. The molecule has 1 aromatic carbocycles. The summed E-state index contributed by atoms with van der Waals surface area (Å²) in [5, 5.41) is 3.72. The molecule has 142 valence electrons. The fraction of sp³-hybridized carbons (Fsp3) is 0.579. The normalized spacial score (nSPS) is 20.9. The van der Waals surface area contributed by atoms with Crippen molar-refractivity contribution in [1.82, 2.24) is 10.2 Å². The van der Waals surface area contributed by atoms with E-state index >= 15 is 0 Å². The minimum atomic E-state index is -0.468. The van der Waals surface area contributed by atoms with Crippen LogP contribution in [0.2, 0.25) is 10.0 Å². The van der Waals surface area contributed by atoms with Crippen molar-refractivity contribution in [2.45, 2.75) is 57.0 Å². The highest BCUT2D eigenvalue weighted by Gasteiger charge is 2.37.